The Morgan fingerprint density at radius 2 is 1.84 bits per heavy atom. The molecule has 1 aromatic carbocycles. The van der Waals surface area contributed by atoms with Gasteiger partial charge in [0, 0.05) is 17.0 Å². The molecule has 0 radical (unpaired) electrons. The molecule has 0 spiro atoms. The molecule has 0 aromatic heterocycles. The summed E-state index contributed by atoms with van der Waals surface area (Å²) in [5.41, 5.74) is 1.12. The predicted molar refractivity (Wildman–Crippen MR) is 74.1 cm³/mol. The van der Waals surface area contributed by atoms with Gasteiger partial charge in [-0.25, -0.2) is 0 Å². The summed E-state index contributed by atoms with van der Waals surface area (Å²) in [4.78, 5) is 0. The molecule has 0 saturated carbocycles. The van der Waals surface area contributed by atoms with Crippen molar-refractivity contribution in [2.24, 2.45) is 0 Å². The highest BCUT2D eigenvalue weighted by atomic mass is 79.9. The SMILES string of the molecule is FC(F)(F)COCCCC(CBr)c1ccc(Cl)cc1. The lowest BCUT2D eigenvalue weighted by Crippen LogP contribution is -2.17. The number of hydrogen-bond donors (Lipinski definition) is 0. The van der Waals surface area contributed by atoms with Crippen LogP contribution in [0.3, 0.4) is 0 Å². The highest BCUT2D eigenvalue weighted by molar-refractivity contribution is 9.09. The van der Waals surface area contributed by atoms with Crippen LogP contribution in [0.2, 0.25) is 5.02 Å². The summed E-state index contributed by atoms with van der Waals surface area (Å²) in [6.45, 7) is -1.05. The van der Waals surface area contributed by atoms with E-state index in [0.717, 1.165) is 17.3 Å². The molecule has 1 unspecified atom stereocenters. The van der Waals surface area contributed by atoms with Crippen molar-refractivity contribution in [1.82, 2.24) is 0 Å². The van der Waals surface area contributed by atoms with Crippen molar-refractivity contribution in [2.45, 2.75) is 24.9 Å². The lowest BCUT2D eigenvalue weighted by Gasteiger charge is -2.15. The van der Waals surface area contributed by atoms with Crippen LogP contribution in [0.1, 0.15) is 24.3 Å². The van der Waals surface area contributed by atoms with E-state index in [1.165, 1.54) is 0 Å². The maximum absolute atomic E-state index is 11.9. The molecule has 6 heteroatoms. The largest absolute Gasteiger partial charge is 0.411 e. The molecule has 19 heavy (non-hydrogen) atoms. The van der Waals surface area contributed by atoms with Crippen molar-refractivity contribution in [2.75, 3.05) is 18.5 Å². The molecule has 1 rings (SSSR count). The van der Waals surface area contributed by atoms with E-state index in [-0.39, 0.29) is 12.5 Å². The Balaban J connectivity index is 2.31. The van der Waals surface area contributed by atoms with Crippen LogP contribution in [0.5, 0.6) is 0 Å². The van der Waals surface area contributed by atoms with Crippen LogP contribution in [0.25, 0.3) is 0 Å². The molecular weight excluding hydrogens is 344 g/mol. The van der Waals surface area contributed by atoms with Gasteiger partial charge in [0.15, 0.2) is 0 Å². The maximum Gasteiger partial charge on any atom is 0.411 e. The van der Waals surface area contributed by atoms with Gasteiger partial charge < -0.3 is 4.74 Å². The minimum atomic E-state index is -4.25. The molecule has 0 fully saturated rings. The molecule has 1 nitrogen and oxygen atoms in total. The summed E-state index contributed by atoms with van der Waals surface area (Å²) in [6, 6.07) is 7.50. The van der Waals surface area contributed by atoms with E-state index < -0.39 is 12.8 Å². The fraction of sp³-hybridized carbons (Fsp3) is 0.538. The second-order valence-corrected chi connectivity index (χ2v) is 5.30. The van der Waals surface area contributed by atoms with Gasteiger partial charge in [0.25, 0.3) is 0 Å². The van der Waals surface area contributed by atoms with E-state index in [4.69, 9.17) is 11.6 Å². The third-order valence-electron chi connectivity index (χ3n) is 2.63. The monoisotopic (exact) mass is 358 g/mol. The van der Waals surface area contributed by atoms with Gasteiger partial charge in [-0.3, -0.25) is 0 Å². The molecule has 0 amide bonds. The summed E-state index contributed by atoms with van der Waals surface area (Å²) in [6.07, 6.45) is -2.88. The van der Waals surface area contributed by atoms with Gasteiger partial charge in [-0.1, -0.05) is 39.7 Å². The van der Waals surface area contributed by atoms with E-state index >= 15 is 0 Å². The summed E-state index contributed by atoms with van der Waals surface area (Å²) in [7, 11) is 0. The van der Waals surface area contributed by atoms with Gasteiger partial charge >= 0.3 is 6.18 Å². The standard InChI is InChI=1S/C13H15BrClF3O/c14-8-11(10-3-5-12(15)6-4-10)2-1-7-19-9-13(16,17)18/h3-6,11H,1-2,7-9H2. The van der Waals surface area contributed by atoms with Crippen molar-refractivity contribution in [3.05, 3.63) is 34.9 Å². The highest BCUT2D eigenvalue weighted by Gasteiger charge is 2.27. The smallest absolute Gasteiger partial charge is 0.372 e. The van der Waals surface area contributed by atoms with Crippen LogP contribution in [-0.4, -0.2) is 24.7 Å². The molecule has 108 valence electrons. The molecule has 0 saturated heterocycles. The Morgan fingerprint density at radius 3 is 2.37 bits per heavy atom. The molecule has 0 N–H and O–H groups in total. The molecule has 1 aromatic rings. The summed E-state index contributed by atoms with van der Waals surface area (Å²) in [5.74, 6) is 0.256. The van der Waals surface area contributed by atoms with Crippen LogP contribution in [-0.2, 0) is 4.74 Å². The number of benzene rings is 1. The third-order valence-corrected chi connectivity index (χ3v) is 3.67. The molecule has 0 aliphatic rings. The lowest BCUT2D eigenvalue weighted by atomic mass is 9.96. The quantitative estimate of drug-likeness (QED) is 0.481. The van der Waals surface area contributed by atoms with Crippen molar-refractivity contribution >= 4 is 27.5 Å². The van der Waals surface area contributed by atoms with E-state index in [2.05, 4.69) is 20.7 Å². The van der Waals surface area contributed by atoms with Gasteiger partial charge in [0.2, 0.25) is 0 Å². The normalized spacial score (nSPS) is 13.5. The first-order chi connectivity index (χ1) is 8.92. The summed E-state index contributed by atoms with van der Waals surface area (Å²) < 4.78 is 40.2. The Bertz CT molecular complexity index is 367. The Hall–Kier alpha value is -0.260. The van der Waals surface area contributed by atoms with Crippen molar-refractivity contribution < 1.29 is 17.9 Å². The van der Waals surface area contributed by atoms with E-state index in [0.29, 0.717) is 11.4 Å². The maximum atomic E-state index is 11.9. The van der Waals surface area contributed by atoms with Gasteiger partial charge in [-0.2, -0.15) is 13.2 Å². The van der Waals surface area contributed by atoms with Crippen LogP contribution < -0.4 is 0 Å². The number of ether oxygens (including phenoxy) is 1. The Kier molecular flexibility index (Phi) is 7.18. The van der Waals surface area contributed by atoms with Gasteiger partial charge in [0.05, 0.1) is 0 Å². The Labute approximate surface area is 124 Å². The fourth-order valence-electron chi connectivity index (χ4n) is 1.69. The van der Waals surface area contributed by atoms with Gasteiger partial charge in [-0.15, -0.1) is 0 Å². The third kappa shape index (κ3) is 7.18. The number of hydrogen-bond acceptors (Lipinski definition) is 1. The molecular formula is C13H15BrClF3O. The average molecular weight is 360 g/mol. The lowest BCUT2D eigenvalue weighted by molar-refractivity contribution is -0.174. The molecule has 0 bridgehead atoms. The highest BCUT2D eigenvalue weighted by Crippen LogP contribution is 2.25. The first-order valence-corrected chi connectivity index (χ1v) is 7.38. The van der Waals surface area contributed by atoms with E-state index in [1.807, 2.05) is 24.3 Å². The average Bonchev–Trinajstić information content (AvgIpc) is 2.34. The molecule has 0 heterocycles. The van der Waals surface area contributed by atoms with E-state index in [1.54, 1.807) is 0 Å². The second-order valence-electron chi connectivity index (χ2n) is 4.21. The van der Waals surface area contributed by atoms with Crippen molar-refractivity contribution in [3.8, 4) is 0 Å². The zero-order chi connectivity index (χ0) is 14.3. The topological polar surface area (TPSA) is 9.23 Å². The number of rotatable bonds is 7. The van der Waals surface area contributed by atoms with Crippen molar-refractivity contribution in [3.63, 3.8) is 0 Å². The van der Waals surface area contributed by atoms with Crippen molar-refractivity contribution in [1.29, 1.82) is 0 Å². The van der Waals surface area contributed by atoms with Crippen LogP contribution >= 0.6 is 27.5 Å². The minimum Gasteiger partial charge on any atom is -0.372 e. The zero-order valence-corrected chi connectivity index (χ0v) is 12.6. The number of alkyl halides is 4. The van der Waals surface area contributed by atoms with Crippen LogP contribution in [0.4, 0.5) is 13.2 Å². The Morgan fingerprint density at radius 1 is 1.21 bits per heavy atom. The fourth-order valence-corrected chi connectivity index (χ4v) is 2.51. The first kappa shape index (κ1) is 16.8. The molecule has 1 atom stereocenters. The van der Waals surface area contributed by atoms with Crippen LogP contribution in [0.15, 0.2) is 24.3 Å². The predicted octanol–water partition coefficient (Wildman–Crippen LogP) is 5.18. The molecule has 0 aliphatic heterocycles. The minimum absolute atomic E-state index is 0.122. The first-order valence-electron chi connectivity index (χ1n) is 5.88. The van der Waals surface area contributed by atoms with E-state index in [9.17, 15) is 13.2 Å². The van der Waals surface area contributed by atoms with Gasteiger partial charge in [-0.05, 0) is 36.5 Å². The number of halogens is 5. The summed E-state index contributed by atoms with van der Waals surface area (Å²) >= 11 is 9.23. The second kappa shape index (κ2) is 8.12. The molecule has 0 aliphatic carbocycles. The van der Waals surface area contributed by atoms with Gasteiger partial charge in [0.1, 0.15) is 6.61 Å². The van der Waals surface area contributed by atoms with Crippen LogP contribution in [0, 0.1) is 0 Å². The summed E-state index contributed by atoms with van der Waals surface area (Å²) in [5, 5.41) is 1.43. The zero-order valence-electron chi connectivity index (χ0n) is 10.2.